The molecule has 0 atom stereocenters. The van der Waals surface area contributed by atoms with Crippen LogP contribution in [0, 0.1) is 0 Å². The van der Waals surface area contributed by atoms with Crippen LogP contribution in [0.4, 0.5) is 0 Å². The number of fused-ring (bicyclic) bond motifs is 3. The Morgan fingerprint density at radius 3 is 2.42 bits per heavy atom. The minimum atomic E-state index is -0.545. The molecule has 4 aromatic rings. The average molecular weight is 525 g/mol. The van der Waals surface area contributed by atoms with Gasteiger partial charge in [-0.05, 0) is 53.6 Å². The van der Waals surface area contributed by atoms with Gasteiger partial charge in [0, 0.05) is 61.7 Å². The Balaban J connectivity index is 1.53. The number of hydrogen-bond donors (Lipinski definition) is 2. The largest absolute Gasteiger partial charge is 0.383 e. The number of nitrogens with two attached hydrogens (primary N) is 1. The molecule has 1 aromatic heterocycles. The quantitative estimate of drug-likeness (QED) is 0.379. The molecule has 0 radical (unpaired) electrons. The lowest BCUT2D eigenvalue weighted by Gasteiger charge is -2.34. The molecule has 0 aliphatic carbocycles. The van der Waals surface area contributed by atoms with Crippen molar-refractivity contribution >= 4 is 56.8 Å². The summed E-state index contributed by atoms with van der Waals surface area (Å²) in [5.41, 5.74) is 9.75. The van der Waals surface area contributed by atoms with Crippen molar-refractivity contribution in [3.8, 4) is 11.1 Å². The number of ether oxygens (including phenoxy) is 1. The number of nitrogens with zero attached hydrogens (tertiary/aromatic N) is 2. The summed E-state index contributed by atoms with van der Waals surface area (Å²) in [7, 11) is 1.70. The molecule has 5 rings (SSSR count). The summed E-state index contributed by atoms with van der Waals surface area (Å²) in [6.07, 6.45) is 0. The molecule has 9 heteroatoms. The van der Waals surface area contributed by atoms with E-state index in [9.17, 15) is 9.59 Å². The summed E-state index contributed by atoms with van der Waals surface area (Å²) in [6, 6.07) is 14.6. The van der Waals surface area contributed by atoms with Crippen LogP contribution in [0.1, 0.15) is 20.7 Å². The molecule has 0 saturated carbocycles. The van der Waals surface area contributed by atoms with Crippen molar-refractivity contribution in [2.45, 2.75) is 0 Å². The van der Waals surface area contributed by atoms with Gasteiger partial charge in [0.25, 0.3) is 11.8 Å². The number of aromatic nitrogens is 1. The van der Waals surface area contributed by atoms with E-state index in [0.29, 0.717) is 46.4 Å². The fraction of sp³-hybridized carbons (Fsp3) is 0.259. The second-order valence-electron chi connectivity index (χ2n) is 8.95. The van der Waals surface area contributed by atoms with Crippen LogP contribution in [-0.4, -0.2) is 73.0 Å². The maximum atomic E-state index is 13.3. The second-order valence-corrected chi connectivity index (χ2v) is 9.77. The van der Waals surface area contributed by atoms with Crippen LogP contribution in [-0.2, 0) is 4.74 Å². The number of amides is 2. The number of carbonyl (C=O) groups is 2. The lowest BCUT2D eigenvalue weighted by Crippen LogP contribution is -2.49. The van der Waals surface area contributed by atoms with Crippen molar-refractivity contribution in [3.05, 3.63) is 69.7 Å². The minimum absolute atomic E-state index is 0.00611. The van der Waals surface area contributed by atoms with E-state index >= 15 is 0 Å². The van der Waals surface area contributed by atoms with Crippen molar-refractivity contribution in [1.82, 2.24) is 14.8 Å². The number of benzene rings is 3. The van der Waals surface area contributed by atoms with Crippen molar-refractivity contribution in [3.63, 3.8) is 0 Å². The van der Waals surface area contributed by atoms with E-state index in [2.05, 4.69) is 9.88 Å². The van der Waals surface area contributed by atoms with Gasteiger partial charge in [-0.1, -0.05) is 29.3 Å². The molecule has 1 fully saturated rings. The average Bonchev–Trinajstić information content (AvgIpc) is 3.26. The number of primary amides is 1. The van der Waals surface area contributed by atoms with Crippen molar-refractivity contribution in [2.24, 2.45) is 5.73 Å². The number of hydrogen-bond acceptors (Lipinski definition) is 4. The van der Waals surface area contributed by atoms with Crippen LogP contribution >= 0.6 is 23.2 Å². The van der Waals surface area contributed by atoms with Gasteiger partial charge < -0.3 is 20.4 Å². The fourth-order valence-corrected chi connectivity index (χ4v) is 5.05. The van der Waals surface area contributed by atoms with Gasteiger partial charge in [-0.25, -0.2) is 0 Å². The highest BCUT2D eigenvalue weighted by Crippen LogP contribution is 2.35. The van der Waals surface area contributed by atoms with Gasteiger partial charge in [-0.15, -0.1) is 0 Å². The Morgan fingerprint density at radius 1 is 0.944 bits per heavy atom. The van der Waals surface area contributed by atoms with Crippen LogP contribution < -0.4 is 5.73 Å². The van der Waals surface area contributed by atoms with Crippen LogP contribution in [0.5, 0.6) is 0 Å². The van der Waals surface area contributed by atoms with Crippen molar-refractivity contribution < 1.29 is 14.3 Å². The maximum absolute atomic E-state index is 13.3. The third-order valence-corrected chi connectivity index (χ3v) is 7.48. The zero-order chi connectivity index (χ0) is 25.4. The number of aromatic amines is 1. The Hall–Kier alpha value is -3.10. The van der Waals surface area contributed by atoms with E-state index in [1.54, 1.807) is 25.3 Å². The molecule has 2 heterocycles. The molecular weight excluding hydrogens is 499 g/mol. The van der Waals surface area contributed by atoms with E-state index in [0.717, 1.165) is 47.1 Å². The number of rotatable bonds is 6. The molecule has 0 spiro atoms. The monoisotopic (exact) mass is 524 g/mol. The highest BCUT2D eigenvalue weighted by atomic mass is 35.5. The fourth-order valence-electron chi connectivity index (χ4n) is 4.75. The predicted molar refractivity (Wildman–Crippen MR) is 144 cm³/mol. The molecule has 0 unspecified atom stereocenters. The van der Waals surface area contributed by atoms with Gasteiger partial charge in [0.2, 0.25) is 0 Å². The van der Waals surface area contributed by atoms with E-state index < -0.39 is 5.91 Å². The predicted octanol–water partition coefficient (Wildman–Crippen LogP) is 4.80. The number of piperazine rings is 1. The van der Waals surface area contributed by atoms with E-state index in [4.69, 9.17) is 33.7 Å². The van der Waals surface area contributed by atoms with Crippen LogP contribution in [0.15, 0.2) is 48.5 Å². The summed E-state index contributed by atoms with van der Waals surface area (Å²) < 4.78 is 5.16. The van der Waals surface area contributed by atoms with Gasteiger partial charge in [0.15, 0.2) is 0 Å². The summed E-state index contributed by atoms with van der Waals surface area (Å²) in [5, 5.41) is 2.52. The van der Waals surface area contributed by atoms with Crippen LogP contribution in [0.25, 0.3) is 32.9 Å². The topological polar surface area (TPSA) is 91.7 Å². The summed E-state index contributed by atoms with van der Waals surface area (Å²) in [6.45, 7) is 4.52. The Morgan fingerprint density at radius 2 is 1.72 bits per heavy atom. The minimum Gasteiger partial charge on any atom is -0.383 e. The standard InChI is InChI=1S/C27H26Cl2N4O3/c1-36-11-10-32-6-8-33(9-7-32)27(35)17-3-5-24-19(12-17)20-13-18(14-21(26(30)34)25(20)31-24)16-2-4-22(28)23(29)15-16/h2-5,12-15,31H,6-11H2,1H3,(H2,30,34). The Kier molecular flexibility index (Phi) is 6.90. The third kappa shape index (κ3) is 4.67. The number of carbonyl (C=O) groups excluding carboxylic acids is 2. The zero-order valence-corrected chi connectivity index (χ0v) is 21.3. The first kappa shape index (κ1) is 24.6. The van der Waals surface area contributed by atoms with E-state index in [-0.39, 0.29) is 5.91 Å². The molecule has 0 bridgehead atoms. The molecule has 2 amide bonds. The van der Waals surface area contributed by atoms with Gasteiger partial charge in [-0.2, -0.15) is 0 Å². The first-order chi connectivity index (χ1) is 17.4. The summed E-state index contributed by atoms with van der Waals surface area (Å²) in [4.78, 5) is 33.2. The van der Waals surface area contributed by atoms with Crippen molar-refractivity contribution in [1.29, 1.82) is 0 Å². The van der Waals surface area contributed by atoms with Crippen molar-refractivity contribution in [2.75, 3.05) is 46.4 Å². The molecule has 3 aromatic carbocycles. The molecular formula is C27H26Cl2N4O3. The normalized spacial score (nSPS) is 14.6. The molecule has 3 N–H and O–H groups in total. The number of H-pyrrole nitrogens is 1. The summed E-state index contributed by atoms with van der Waals surface area (Å²) in [5.74, 6) is -0.551. The first-order valence-corrected chi connectivity index (χ1v) is 12.5. The lowest BCUT2D eigenvalue weighted by atomic mass is 9.98. The Labute approximate surface area is 218 Å². The van der Waals surface area contributed by atoms with Gasteiger partial charge in [0.1, 0.15) is 0 Å². The number of methoxy groups -OCH3 is 1. The SMILES string of the molecule is COCCN1CCN(C(=O)c2ccc3[nH]c4c(C(N)=O)cc(-c5ccc(Cl)c(Cl)c5)cc4c3c2)CC1. The molecule has 7 nitrogen and oxygen atoms in total. The highest BCUT2D eigenvalue weighted by molar-refractivity contribution is 6.42. The molecule has 1 aliphatic heterocycles. The van der Waals surface area contributed by atoms with Gasteiger partial charge in [0.05, 0.1) is 27.7 Å². The van der Waals surface area contributed by atoms with E-state index in [1.165, 1.54) is 0 Å². The molecule has 1 aliphatic rings. The smallest absolute Gasteiger partial charge is 0.253 e. The molecule has 1 saturated heterocycles. The lowest BCUT2D eigenvalue weighted by molar-refractivity contribution is 0.0594. The Bertz CT molecular complexity index is 1480. The third-order valence-electron chi connectivity index (χ3n) is 6.74. The van der Waals surface area contributed by atoms with Crippen LogP contribution in [0.3, 0.4) is 0 Å². The number of halogens is 2. The summed E-state index contributed by atoms with van der Waals surface area (Å²) >= 11 is 12.3. The second kappa shape index (κ2) is 10.1. The highest BCUT2D eigenvalue weighted by Gasteiger charge is 2.23. The maximum Gasteiger partial charge on any atom is 0.253 e. The molecule has 36 heavy (non-hydrogen) atoms. The van der Waals surface area contributed by atoms with E-state index in [1.807, 2.05) is 35.2 Å². The van der Waals surface area contributed by atoms with Crippen LogP contribution in [0.2, 0.25) is 10.0 Å². The van der Waals surface area contributed by atoms with Gasteiger partial charge in [-0.3, -0.25) is 14.5 Å². The zero-order valence-electron chi connectivity index (χ0n) is 19.8. The molecule has 186 valence electrons. The first-order valence-electron chi connectivity index (χ1n) is 11.7. The number of nitrogens with one attached hydrogen (secondary N) is 1. The van der Waals surface area contributed by atoms with Gasteiger partial charge >= 0.3 is 0 Å².